The summed E-state index contributed by atoms with van der Waals surface area (Å²) >= 11 is 3.46. The lowest BCUT2D eigenvalue weighted by atomic mass is 9.93. The molecule has 0 aliphatic carbocycles. The lowest BCUT2D eigenvalue weighted by Crippen LogP contribution is -2.34. The van der Waals surface area contributed by atoms with E-state index in [-0.39, 0.29) is 5.54 Å². The van der Waals surface area contributed by atoms with Crippen molar-refractivity contribution in [2.45, 2.75) is 32.4 Å². The Labute approximate surface area is 99.9 Å². The number of halogens is 1. The van der Waals surface area contributed by atoms with Crippen LogP contribution in [0.1, 0.15) is 25.0 Å². The van der Waals surface area contributed by atoms with Crippen LogP contribution in [0.2, 0.25) is 0 Å². The van der Waals surface area contributed by atoms with Crippen LogP contribution in [-0.2, 0) is 17.8 Å². The molecule has 15 heavy (non-hydrogen) atoms. The molecule has 0 radical (unpaired) electrons. The second-order valence-corrected chi connectivity index (χ2v) is 5.43. The van der Waals surface area contributed by atoms with Crippen molar-refractivity contribution in [3.8, 4) is 0 Å². The molecular weight excluding hydrogens is 254 g/mol. The van der Waals surface area contributed by atoms with Crippen molar-refractivity contribution in [1.29, 1.82) is 0 Å². The van der Waals surface area contributed by atoms with E-state index in [1.54, 1.807) is 7.11 Å². The molecule has 0 atom stereocenters. The van der Waals surface area contributed by atoms with Crippen molar-refractivity contribution in [1.82, 2.24) is 0 Å². The number of hydrogen-bond donors (Lipinski definition) is 1. The summed E-state index contributed by atoms with van der Waals surface area (Å²) in [5.74, 6) is 0. The van der Waals surface area contributed by atoms with Gasteiger partial charge < -0.3 is 10.5 Å². The lowest BCUT2D eigenvalue weighted by Gasteiger charge is -2.20. The quantitative estimate of drug-likeness (QED) is 0.914. The first-order chi connectivity index (χ1) is 6.92. The van der Waals surface area contributed by atoms with Gasteiger partial charge in [0, 0.05) is 17.1 Å². The van der Waals surface area contributed by atoms with Gasteiger partial charge in [-0.3, -0.25) is 0 Å². The first-order valence-electron chi connectivity index (χ1n) is 4.97. The third-order valence-electron chi connectivity index (χ3n) is 2.11. The molecule has 0 spiro atoms. The zero-order chi connectivity index (χ0) is 11.5. The molecule has 1 rings (SSSR count). The largest absolute Gasteiger partial charge is 0.380 e. The SMILES string of the molecule is COCc1cc(Br)ccc1CC(C)(C)N. The predicted octanol–water partition coefficient (Wildman–Crippen LogP) is 2.88. The maximum absolute atomic E-state index is 6.02. The summed E-state index contributed by atoms with van der Waals surface area (Å²) in [4.78, 5) is 0. The van der Waals surface area contributed by atoms with Gasteiger partial charge in [0.1, 0.15) is 0 Å². The van der Waals surface area contributed by atoms with Gasteiger partial charge in [0.2, 0.25) is 0 Å². The number of benzene rings is 1. The lowest BCUT2D eigenvalue weighted by molar-refractivity contribution is 0.184. The van der Waals surface area contributed by atoms with Crippen LogP contribution < -0.4 is 5.73 Å². The number of rotatable bonds is 4. The topological polar surface area (TPSA) is 35.2 Å². The summed E-state index contributed by atoms with van der Waals surface area (Å²) in [5.41, 5.74) is 8.29. The smallest absolute Gasteiger partial charge is 0.0716 e. The van der Waals surface area contributed by atoms with E-state index in [9.17, 15) is 0 Å². The van der Waals surface area contributed by atoms with Crippen molar-refractivity contribution in [3.63, 3.8) is 0 Å². The normalized spacial score (nSPS) is 11.8. The van der Waals surface area contributed by atoms with Crippen LogP contribution in [0.4, 0.5) is 0 Å². The second-order valence-electron chi connectivity index (χ2n) is 4.51. The van der Waals surface area contributed by atoms with Gasteiger partial charge in [0.05, 0.1) is 6.61 Å². The molecule has 1 aromatic carbocycles. The second kappa shape index (κ2) is 5.10. The van der Waals surface area contributed by atoms with Gasteiger partial charge in [-0.05, 0) is 43.5 Å². The molecule has 1 aromatic rings. The highest BCUT2D eigenvalue weighted by Gasteiger charge is 2.14. The Hall–Kier alpha value is -0.380. The fourth-order valence-corrected chi connectivity index (χ4v) is 1.96. The van der Waals surface area contributed by atoms with Crippen LogP contribution in [0.5, 0.6) is 0 Å². The standard InChI is InChI=1S/C12H18BrNO/c1-12(2,14)7-9-4-5-11(13)6-10(9)8-15-3/h4-6H,7-8,14H2,1-3H3. The Morgan fingerprint density at radius 3 is 2.53 bits per heavy atom. The van der Waals surface area contributed by atoms with E-state index in [1.165, 1.54) is 11.1 Å². The first-order valence-corrected chi connectivity index (χ1v) is 5.77. The zero-order valence-corrected chi connectivity index (χ0v) is 11.1. The van der Waals surface area contributed by atoms with E-state index in [1.807, 2.05) is 19.9 Å². The van der Waals surface area contributed by atoms with E-state index in [4.69, 9.17) is 10.5 Å². The monoisotopic (exact) mass is 271 g/mol. The highest BCUT2D eigenvalue weighted by atomic mass is 79.9. The Morgan fingerprint density at radius 1 is 1.33 bits per heavy atom. The van der Waals surface area contributed by atoms with Crippen LogP contribution in [0, 0.1) is 0 Å². The summed E-state index contributed by atoms with van der Waals surface area (Å²) in [6.45, 7) is 4.70. The summed E-state index contributed by atoms with van der Waals surface area (Å²) in [6.07, 6.45) is 0.860. The molecule has 0 saturated heterocycles. The van der Waals surface area contributed by atoms with Crippen molar-refractivity contribution in [2.75, 3.05) is 7.11 Å². The summed E-state index contributed by atoms with van der Waals surface area (Å²) in [6, 6.07) is 6.23. The molecule has 0 unspecified atom stereocenters. The predicted molar refractivity (Wildman–Crippen MR) is 66.8 cm³/mol. The molecule has 0 saturated carbocycles. The highest BCUT2D eigenvalue weighted by Crippen LogP contribution is 2.20. The summed E-state index contributed by atoms with van der Waals surface area (Å²) in [5, 5.41) is 0. The van der Waals surface area contributed by atoms with Gasteiger partial charge in [-0.1, -0.05) is 22.0 Å². The van der Waals surface area contributed by atoms with Gasteiger partial charge >= 0.3 is 0 Å². The summed E-state index contributed by atoms with van der Waals surface area (Å²) < 4.78 is 6.25. The van der Waals surface area contributed by atoms with E-state index in [2.05, 4.69) is 28.1 Å². The molecule has 2 nitrogen and oxygen atoms in total. The van der Waals surface area contributed by atoms with Crippen LogP contribution in [0.15, 0.2) is 22.7 Å². The highest BCUT2D eigenvalue weighted by molar-refractivity contribution is 9.10. The van der Waals surface area contributed by atoms with Crippen molar-refractivity contribution in [3.05, 3.63) is 33.8 Å². The average Bonchev–Trinajstić information content (AvgIpc) is 2.08. The Balaban J connectivity index is 2.95. The Kier molecular flexibility index (Phi) is 4.32. The summed E-state index contributed by atoms with van der Waals surface area (Å²) in [7, 11) is 1.71. The van der Waals surface area contributed by atoms with Crippen LogP contribution in [0.25, 0.3) is 0 Å². The molecule has 2 N–H and O–H groups in total. The maximum Gasteiger partial charge on any atom is 0.0716 e. The molecular formula is C12H18BrNO. The fourth-order valence-electron chi connectivity index (χ4n) is 1.55. The number of methoxy groups -OCH3 is 1. The minimum atomic E-state index is -0.184. The maximum atomic E-state index is 6.02. The minimum absolute atomic E-state index is 0.184. The molecule has 0 aliphatic heterocycles. The third kappa shape index (κ3) is 4.33. The van der Waals surface area contributed by atoms with Crippen LogP contribution >= 0.6 is 15.9 Å². The van der Waals surface area contributed by atoms with Crippen molar-refractivity contribution in [2.24, 2.45) is 5.73 Å². The van der Waals surface area contributed by atoms with Crippen molar-refractivity contribution < 1.29 is 4.74 Å². The zero-order valence-electron chi connectivity index (χ0n) is 9.51. The Bertz CT molecular complexity index is 331. The van der Waals surface area contributed by atoms with Gasteiger partial charge in [-0.2, -0.15) is 0 Å². The molecule has 0 fully saturated rings. The number of nitrogens with two attached hydrogens (primary N) is 1. The molecule has 84 valence electrons. The Morgan fingerprint density at radius 2 is 2.00 bits per heavy atom. The fraction of sp³-hybridized carbons (Fsp3) is 0.500. The average molecular weight is 272 g/mol. The van der Waals surface area contributed by atoms with Gasteiger partial charge in [0.25, 0.3) is 0 Å². The van der Waals surface area contributed by atoms with E-state index in [0.29, 0.717) is 6.61 Å². The number of hydrogen-bond acceptors (Lipinski definition) is 2. The van der Waals surface area contributed by atoms with Gasteiger partial charge in [0.15, 0.2) is 0 Å². The first kappa shape index (κ1) is 12.7. The molecule has 3 heteroatoms. The van der Waals surface area contributed by atoms with E-state index < -0.39 is 0 Å². The van der Waals surface area contributed by atoms with Crippen LogP contribution in [-0.4, -0.2) is 12.6 Å². The van der Waals surface area contributed by atoms with Gasteiger partial charge in [-0.25, -0.2) is 0 Å². The minimum Gasteiger partial charge on any atom is -0.380 e. The molecule has 0 aliphatic rings. The third-order valence-corrected chi connectivity index (χ3v) is 2.61. The van der Waals surface area contributed by atoms with Gasteiger partial charge in [-0.15, -0.1) is 0 Å². The molecule has 0 amide bonds. The molecule has 0 aromatic heterocycles. The van der Waals surface area contributed by atoms with E-state index in [0.717, 1.165) is 10.9 Å². The molecule has 0 bridgehead atoms. The number of ether oxygens (including phenoxy) is 1. The van der Waals surface area contributed by atoms with Crippen molar-refractivity contribution >= 4 is 15.9 Å². The molecule has 0 heterocycles. The van der Waals surface area contributed by atoms with Crippen LogP contribution in [0.3, 0.4) is 0 Å². The van der Waals surface area contributed by atoms with E-state index >= 15 is 0 Å².